The maximum atomic E-state index is 13.5. The molecule has 0 radical (unpaired) electrons. The van der Waals surface area contributed by atoms with Crippen LogP contribution in [0, 0.1) is 11.2 Å². The lowest BCUT2D eigenvalue weighted by atomic mass is 10.2. The van der Waals surface area contributed by atoms with Crippen LogP contribution in [-0.2, 0) is 16.4 Å². The highest BCUT2D eigenvalue weighted by Gasteiger charge is 2.20. The van der Waals surface area contributed by atoms with E-state index in [0.29, 0.717) is 5.56 Å². The molecule has 0 saturated heterocycles. The zero-order valence-electron chi connectivity index (χ0n) is 11.1. The number of hydrogen-bond acceptors (Lipinski definition) is 4. The fraction of sp³-hybridized carbons (Fsp3) is 0.167. The molecule has 2 aromatic rings. The first-order valence-electron chi connectivity index (χ1n) is 5.64. The molecule has 114 valence electrons. The number of benzene rings is 1. The second-order valence-corrected chi connectivity index (χ2v) is 6.30. The Labute approximate surface area is 127 Å². The predicted octanol–water partition coefficient (Wildman–Crippen LogP) is 1.18. The molecule has 0 aliphatic carbocycles. The molecule has 9 heteroatoms. The van der Waals surface area contributed by atoms with E-state index in [1.54, 1.807) is 18.2 Å². The summed E-state index contributed by atoms with van der Waals surface area (Å²) in [4.78, 5) is -0.138. The highest BCUT2D eigenvalue weighted by Crippen LogP contribution is 2.15. The second kappa shape index (κ2) is 6.23. The van der Waals surface area contributed by atoms with Crippen molar-refractivity contribution in [2.45, 2.75) is 11.4 Å². The van der Waals surface area contributed by atoms with Gasteiger partial charge in [-0.25, -0.2) is 12.8 Å². The molecule has 0 spiro atoms. The Morgan fingerprint density at radius 2 is 2.05 bits per heavy atom. The van der Waals surface area contributed by atoms with Gasteiger partial charge in [0.25, 0.3) is 0 Å². The second-order valence-electron chi connectivity index (χ2n) is 4.32. The molecule has 1 heterocycles. The minimum Gasteiger partial charge on any atom is -0.382 e. The van der Waals surface area contributed by atoms with Crippen molar-refractivity contribution < 1.29 is 12.8 Å². The van der Waals surface area contributed by atoms with E-state index < -0.39 is 21.5 Å². The molecule has 0 unspecified atom stereocenters. The summed E-state index contributed by atoms with van der Waals surface area (Å²) in [5, 5.41) is 11.3. The van der Waals surface area contributed by atoms with Gasteiger partial charge in [-0.05, 0) is 6.07 Å². The van der Waals surface area contributed by atoms with Gasteiger partial charge in [-0.3, -0.25) is 10.1 Å². The molecule has 1 aromatic carbocycles. The SMILES string of the molecule is CS(=O)(=O)c1cn(Cc2ccccc2F)nc1C(=N)N.Cl. The lowest BCUT2D eigenvalue weighted by molar-refractivity contribution is 0.584. The minimum atomic E-state index is -3.56. The van der Waals surface area contributed by atoms with Gasteiger partial charge >= 0.3 is 0 Å². The lowest BCUT2D eigenvalue weighted by Gasteiger charge is -2.02. The number of nitrogens with zero attached hydrogens (tertiary/aromatic N) is 2. The van der Waals surface area contributed by atoms with Gasteiger partial charge in [0, 0.05) is 18.0 Å². The van der Waals surface area contributed by atoms with E-state index in [2.05, 4.69) is 5.10 Å². The maximum Gasteiger partial charge on any atom is 0.179 e. The summed E-state index contributed by atoms with van der Waals surface area (Å²) in [6.45, 7) is 0.0580. The van der Waals surface area contributed by atoms with Crippen molar-refractivity contribution in [1.82, 2.24) is 9.78 Å². The quantitative estimate of drug-likeness (QED) is 0.648. The number of sulfone groups is 1. The molecule has 0 amide bonds. The fourth-order valence-corrected chi connectivity index (χ4v) is 2.56. The molecule has 0 saturated carbocycles. The topological polar surface area (TPSA) is 102 Å². The van der Waals surface area contributed by atoms with Gasteiger partial charge in [-0.1, -0.05) is 18.2 Å². The smallest absolute Gasteiger partial charge is 0.179 e. The van der Waals surface area contributed by atoms with Crippen LogP contribution in [0.4, 0.5) is 4.39 Å². The van der Waals surface area contributed by atoms with Crippen molar-refractivity contribution in [3.05, 3.63) is 47.5 Å². The Balaban J connectivity index is 0.00000220. The van der Waals surface area contributed by atoms with Crippen LogP contribution in [0.25, 0.3) is 0 Å². The van der Waals surface area contributed by atoms with Crippen LogP contribution in [0.2, 0.25) is 0 Å². The van der Waals surface area contributed by atoms with Gasteiger partial charge in [-0.15, -0.1) is 12.4 Å². The maximum absolute atomic E-state index is 13.5. The first kappa shape index (κ1) is 17.1. The summed E-state index contributed by atoms with van der Waals surface area (Å²) in [6.07, 6.45) is 2.25. The van der Waals surface area contributed by atoms with Crippen LogP contribution >= 0.6 is 12.4 Å². The number of amidine groups is 1. The molecule has 6 nitrogen and oxygen atoms in total. The van der Waals surface area contributed by atoms with Crippen molar-refractivity contribution in [1.29, 1.82) is 5.41 Å². The third kappa shape index (κ3) is 3.79. The zero-order valence-corrected chi connectivity index (χ0v) is 12.7. The first-order valence-corrected chi connectivity index (χ1v) is 7.53. The molecule has 0 aliphatic heterocycles. The Bertz CT molecular complexity index is 773. The van der Waals surface area contributed by atoms with E-state index in [1.807, 2.05) is 0 Å². The third-order valence-electron chi connectivity index (χ3n) is 2.67. The summed E-state index contributed by atoms with van der Waals surface area (Å²) < 4.78 is 38.0. The number of halogens is 2. The molecule has 2 rings (SSSR count). The molecule has 0 bridgehead atoms. The van der Waals surface area contributed by atoms with Gasteiger partial charge in [0.1, 0.15) is 22.2 Å². The Morgan fingerprint density at radius 1 is 1.43 bits per heavy atom. The monoisotopic (exact) mass is 332 g/mol. The number of hydrogen-bond donors (Lipinski definition) is 2. The fourth-order valence-electron chi connectivity index (χ4n) is 1.74. The molecule has 0 aliphatic rings. The Morgan fingerprint density at radius 3 is 2.52 bits per heavy atom. The average Bonchev–Trinajstić information content (AvgIpc) is 2.76. The van der Waals surface area contributed by atoms with Crippen molar-refractivity contribution in [3.63, 3.8) is 0 Å². The van der Waals surface area contributed by atoms with Crippen LogP contribution in [-0.4, -0.2) is 30.3 Å². The summed E-state index contributed by atoms with van der Waals surface area (Å²) in [6, 6.07) is 6.11. The molecule has 0 atom stereocenters. The minimum absolute atomic E-state index is 0. The highest BCUT2D eigenvalue weighted by molar-refractivity contribution is 7.90. The van der Waals surface area contributed by atoms with E-state index in [4.69, 9.17) is 11.1 Å². The zero-order chi connectivity index (χ0) is 14.9. The summed E-state index contributed by atoms with van der Waals surface area (Å²) in [5.74, 6) is -0.856. The molecule has 3 N–H and O–H groups in total. The van der Waals surface area contributed by atoms with Crippen molar-refractivity contribution in [2.75, 3.05) is 6.26 Å². The van der Waals surface area contributed by atoms with E-state index in [1.165, 1.54) is 16.9 Å². The van der Waals surface area contributed by atoms with Gasteiger partial charge in [-0.2, -0.15) is 5.10 Å². The molecular formula is C12H14ClFN4O2S. The van der Waals surface area contributed by atoms with Gasteiger partial charge in [0.2, 0.25) is 0 Å². The van der Waals surface area contributed by atoms with Crippen LogP contribution in [0.1, 0.15) is 11.3 Å². The predicted molar refractivity (Wildman–Crippen MR) is 79.1 cm³/mol. The van der Waals surface area contributed by atoms with Crippen LogP contribution < -0.4 is 5.73 Å². The van der Waals surface area contributed by atoms with E-state index in [0.717, 1.165) is 6.26 Å². The number of nitrogens with two attached hydrogens (primary N) is 1. The Kier molecular flexibility index (Phi) is 5.08. The first-order chi connectivity index (χ1) is 9.29. The molecule has 1 aromatic heterocycles. The van der Waals surface area contributed by atoms with Crippen LogP contribution in [0.3, 0.4) is 0 Å². The number of rotatable bonds is 4. The van der Waals surface area contributed by atoms with Crippen molar-refractivity contribution in [2.24, 2.45) is 5.73 Å². The molecule has 0 fully saturated rings. The van der Waals surface area contributed by atoms with Gasteiger partial charge in [0.05, 0.1) is 6.54 Å². The summed E-state index contributed by atoms with van der Waals surface area (Å²) in [7, 11) is -3.56. The van der Waals surface area contributed by atoms with Crippen LogP contribution in [0.15, 0.2) is 35.4 Å². The lowest BCUT2D eigenvalue weighted by Crippen LogP contribution is -2.16. The largest absolute Gasteiger partial charge is 0.382 e. The van der Waals surface area contributed by atoms with Crippen molar-refractivity contribution >= 4 is 28.1 Å². The van der Waals surface area contributed by atoms with Crippen molar-refractivity contribution in [3.8, 4) is 0 Å². The molecule has 21 heavy (non-hydrogen) atoms. The van der Waals surface area contributed by atoms with E-state index >= 15 is 0 Å². The summed E-state index contributed by atoms with van der Waals surface area (Å²) in [5.41, 5.74) is 5.56. The normalized spacial score (nSPS) is 11.0. The number of aromatic nitrogens is 2. The summed E-state index contributed by atoms with van der Waals surface area (Å²) >= 11 is 0. The number of nitrogens with one attached hydrogen (secondary N) is 1. The third-order valence-corrected chi connectivity index (χ3v) is 3.77. The van der Waals surface area contributed by atoms with E-state index in [9.17, 15) is 12.8 Å². The van der Waals surface area contributed by atoms with Crippen LogP contribution in [0.5, 0.6) is 0 Å². The highest BCUT2D eigenvalue weighted by atomic mass is 35.5. The standard InChI is InChI=1S/C12H13FN4O2S.ClH/c1-20(18,19)10-7-17(16-11(10)12(14)15)6-8-4-2-3-5-9(8)13;/h2-5,7H,6H2,1H3,(H3,14,15);1H. The number of nitrogen functional groups attached to an aromatic ring is 1. The van der Waals surface area contributed by atoms with E-state index in [-0.39, 0.29) is 29.5 Å². The average molecular weight is 333 g/mol. The molecular weight excluding hydrogens is 319 g/mol. The van der Waals surface area contributed by atoms with Gasteiger partial charge in [0.15, 0.2) is 9.84 Å². The Hall–Kier alpha value is -1.93. The van der Waals surface area contributed by atoms with Gasteiger partial charge < -0.3 is 5.73 Å².